The molecule has 1 aliphatic rings. The Morgan fingerprint density at radius 3 is 2.52 bits per heavy atom. The molecule has 0 atom stereocenters. The number of halogens is 1. The van der Waals surface area contributed by atoms with Crippen LogP contribution in [0.2, 0.25) is 0 Å². The molecule has 0 spiro atoms. The van der Waals surface area contributed by atoms with Gasteiger partial charge < -0.3 is 4.74 Å². The second-order valence-corrected chi connectivity index (χ2v) is 6.80. The third kappa shape index (κ3) is 3.26. The molecule has 2 aromatic rings. The Labute approximate surface area is 132 Å². The first kappa shape index (κ1) is 15.3. The highest BCUT2D eigenvalue weighted by Gasteiger charge is 2.27. The number of rotatable bonds is 3. The number of fused-ring (bicyclic) bond motifs is 1. The van der Waals surface area contributed by atoms with Crippen LogP contribution in [0.3, 0.4) is 0 Å². The maximum absolute atomic E-state index is 13.1. The number of hydrogen-bond donors (Lipinski definition) is 1. The minimum Gasteiger partial charge on any atom is -0.481 e. The predicted octanol–water partition coefficient (Wildman–Crippen LogP) is 2.25. The highest BCUT2D eigenvalue weighted by Crippen LogP contribution is 2.38. The second-order valence-electron chi connectivity index (χ2n) is 5.05. The average Bonchev–Trinajstić information content (AvgIpc) is 2.47. The van der Waals surface area contributed by atoms with Crippen molar-refractivity contribution in [2.24, 2.45) is 0 Å². The third-order valence-corrected chi connectivity index (χ3v) is 3.80. The van der Waals surface area contributed by atoms with Crippen molar-refractivity contribution in [3.05, 3.63) is 48.3 Å². The molecule has 0 fully saturated rings. The molecule has 0 aromatic heterocycles. The summed E-state index contributed by atoms with van der Waals surface area (Å²) in [5, 5.41) is 0. The molecule has 1 heterocycles. The molecule has 0 bridgehead atoms. The summed E-state index contributed by atoms with van der Waals surface area (Å²) in [5.41, 5.74) is 1.30. The van der Waals surface area contributed by atoms with E-state index in [1.807, 2.05) is 0 Å². The van der Waals surface area contributed by atoms with E-state index in [0.29, 0.717) is 22.8 Å². The van der Waals surface area contributed by atoms with Gasteiger partial charge in [-0.3, -0.25) is 14.4 Å². The number of benzene rings is 2. The Kier molecular flexibility index (Phi) is 3.69. The van der Waals surface area contributed by atoms with Crippen LogP contribution in [0.1, 0.15) is 0 Å². The highest BCUT2D eigenvalue weighted by atomic mass is 32.2. The van der Waals surface area contributed by atoms with Crippen LogP contribution >= 0.6 is 0 Å². The minimum absolute atomic E-state index is 0.188. The van der Waals surface area contributed by atoms with Gasteiger partial charge in [0.25, 0.3) is 5.91 Å². The van der Waals surface area contributed by atoms with Crippen LogP contribution in [0.15, 0.2) is 42.5 Å². The zero-order chi connectivity index (χ0) is 16.6. The van der Waals surface area contributed by atoms with E-state index in [9.17, 15) is 17.6 Å². The first-order valence-electron chi connectivity index (χ1n) is 6.67. The largest absolute Gasteiger partial charge is 0.481 e. The fraction of sp³-hybridized carbons (Fsp3) is 0.133. The molecule has 1 N–H and O–H groups in total. The SMILES string of the molecule is CS(=O)(=O)Nc1ccc2c(c1)OCC(=O)N2c1ccc(F)cc1. The fourth-order valence-electron chi connectivity index (χ4n) is 2.30. The Hall–Kier alpha value is -2.61. The van der Waals surface area contributed by atoms with Crippen molar-refractivity contribution in [2.45, 2.75) is 0 Å². The first-order valence-corrected chi connectivity index (χ1v) is 8.56. The second kappa shape index (κ2) is 5.54. The molecular weight excluding hydrogens is 323 g/mol. The number of nitrogens with one attached hydrogen (secondary N) is 1. The number of amides is 1. The number of ether oxygens (including phenoxy) is 1. The molecule has 6 nitrogen and oxygen atoms in total. The lowest BCUT2D eigenvalue weighted by Crippen LogP contribution is -2.35. The summed E-state index contributed by atoms with van der Waals surface area (Å²) in [6.45, 7) is -0.188. The molecule has 1 aliphatic heterocycles. The van der Waals surface area contributed by atoms with Crippen molar-refractivity contribution in [3.8, 4) is 5.75 Å². The maximum atomic E-state index is 13.1. The summed E-state index contributed by atoms with van der Waals surface area (Å²) in [4.78, 5) is 13.6. The lowest BCUT2D eigenvalue weighted by atomic mass is 10.2. The van der Waals surface area contributed by atoms with E-state index in [1.165, 1.54) is 41.3 Å². The first-order chi connectivity index (χ1) is 10.8. The van der Waals surface area contributed by atoms with Gasteiger partial charge in [0, 0.05) is 11.8 Å². The van der Waals surface area contributed by atoms with E-state index < -0.39 is 15.8 Å². The topological polar surface area (TPSA) is 75.7 Å². The normalized spacial score (nSPS) is 14.2. The molecule has 8 heteroatoms. The van der Waals surface area contributed by atoms with Crippen LogP contribution in [0.5, 0.6) is 5.75 Å². The minimum atomic E-state index is -3.41. The van der Waals surface area contributed by atoms with Gasteiger partial charge in [-0.25, -0.2) is 12.8 Å². The van der Waals surface area contributed by atoms with Crippen molar-refractivity contribution < 1.29 is 22.3 Å². The number of carbonyl (C=O) groups is 1. The van der Waals surface area contributed by atoms with Gasteiger partial charge in [-0.15, -0.1) is 0 Å². The van der Waals surface area contributed by atoms with Crippen molar-refractivity contribution >= 4 is 33.0 Å². The molecule has 120 valence electrons. The van der Waals surface area contributed by atoms with E-state index in [4.69, 9.17) is 4.74 Å². The molecule has 0 unspecified atom stereocenters. The van der Waals surface area contributed by atoms with Crippen LogP contribution < -0.4 is 14.4 Å². The van der Waals surface area contributed by atoms with E-state index in [0.717, 1.165) is 6.26 Å². The molecular formula is C15H13FN2O4S. The summed E-state index contributed by atoms with van der Waals surface area (Å²) in [6, 6.07) is 10.1. The Balaban J connectivity index is 2.02. The van der Waals surface area contributed by atoms with Crippen molar-refractivity contribution in [3.63, 3.8) is 0 Å². The summed E-state index contributed by atoms with van der Waals surface area (Å²) in [7, 11) is -3.41. The lowest BCUT2D eigenvalue weighted by molar-refractivity contribution is -0.120. The van der Waals surface area contributed by atoms with Gasteiger partial charge in [0.15, 0.2) is 6.61 Å². The fourth-order valence-corrected chi connectivity index (χ4v) is 2.86. The highest BCUT2D eigenvalue weighted by molar-refractivity contribution is 7.92. The molecule has 23 heavy (non-hydrogen) atoms. The summed E-state index contributed by atoms with van der Waals surface area (Å²) < 4.78 is 43.3. The van der Waals surface area contributed by atoms with Crippen LogP contribution in [0, 0.1) is 5.82 Å². The lowest BCUT2D eigenvalue weighted by Gasteiger charge is -2.29. The Bertz CT molecular complexity index is 866. The van der Waals surface area contributed by atoms with Crippen molar-refractivity contribution in [1.29, 1.82) is 0 Å². The zero-order valence-electron chi connectivity index (χ0n) is 12.1. The average molecular weight is 336 g/mol. The molecule has 0 saturated heterocycles. The number of sulfonamides is 1. The van der Waals surface area contributed by atoms with E-state index in [-0.39, 0.29) is 12.5 Å². The van der Waals surface area contributed by atoms with Gasteiger partial charge in [0.1, 0.15) is 11.6 Å². The molecule has 0 saturated carbocycles. The molecule has 0 aliphatic carbocycles. The Morgan fingerprint density at radius 1 is 1.17 bits per heavy atom. The van der Waals surface area contributed by atoms with Gasteiger partial charge in [-0.05, 0) is 36.4 Å². The van der Waals surface area contributed by atoms with Crippen molar-refractivity contribution in [2.75, 3.05) is 22.5 Å². The van der Waals surface area contributed by atoms with Crippen LogP contribution in [0.4, 0.5) is 21.5 Å². The maximum Gasteiger partial charge on any atom is 0.269 e. The van der Waals surface area contributed by atoms with Crippen LogP contribution in [-0.4, -0.2) is 27.2 Å². The number of anilines is 3. The Morgan fingerprint density at radius 2 is 1.87 bits per heavy atom. The summed E-state index contributed by atoms with van der Waals surface area (Å²) >= 11 is 0. The number of carbonyl (C=O) groups excluding carboxylic acids is 1. The van der Waals surface area contributed by atoms with E-state index >= 15 is 0 Å². The monoisotopic (exact) mass is 336 g/mol. The van der Waals surface area contributed by atoms with Crippen LogP contribution in [-0.2, 0) is 14.8 Å². The van der Waals surface area contributed by atoms with Gasteiger partial charge in [0.2, 0.25) is 10.0 Å². The summed E-state index contributed by atoms with van der Waals surface area (Å²) in [6.07, 6.45) is 1.04. The standard InChI is InChI=1S/C15H13FN2O4S/c1-23(20,21)17-11-4-7-13-14(8-11)22-9-15(19)18(13)12-5-2-10(16)3-6-12/h2-8,17H,9H2,1H3. The predicted molar refractivity (Wildman–Crippen MR) is 83.9 cm³/mol. The molecule has 0 radical (unpaired) electrons. The zero-order valence-corrected chi connectivity index (χ0v) is 12.9. The molecule has 2 aromatic carbocycles. The van der Waals surface area contributed by atoms with Gasteiger partial charge in [-0.1, -0.05) is 0 Å². The number of hydrogen-bond acceptors (Lipinski definition) is 4. The smallest absolute Gasteiger partial charge is 0.269 e. The third-order valence-electron chi connectivity index (χ3n) is 3.19. The number of nitrogens with zero attached hydrogens (tertiary/aromatic N) is 1. The van der Waals surface area contributed by atoms with Gasteiger partial charge >= 0.3 is 0 Å². The van der Waals surface area contributed by atoms with Gasteiger partial charge in [0.05, 0.1) is 17.6 Å². The molecule has 1 amide bonds. The van der Waals surface area contributed by atoms with Crippen LogP contribution in [0.25, 0.3) is 0 Å². The van der Waals surface area contributed by atoms with E-state index in [2.05, 4.69) is 4.72 Å². The summed E-state index contributed by atoms with van der Waals surface area (Å²) in [5.74, 6) is -0.335. The van der Waals surface area contributed by atoms with Gasteiger partial charge in [-0.2, -0.15) is 0 Å². The quantitative estimate of drug-likeness (QED) is 0.933. The van der Waals surface area contributed by atoms with E-state index in [1.54, 1.807) is 6.07 Å². The molecule has 3 rings (SSSR count). The van der Waals surface area contributed by atoms with Crippen molar-refractivity contribution in [1.82, 2.24) is 0 Å².